The van der Waals surface area contributed by atoms with Gasteiger partial charge in [0.05, 0.1) is 12.3 Å². The summed E-state index contributed by atoms with van der Waals surface area (Å²) in [6.07, 6.45) is 1.60. The van der Waals surface area contributed by atoms with Crippen LogP contribution in [-0.2, 0) is 14.3 Å². The number of aliphatic carboxylic acids is 1. The molecule has 0 saturated carbocycles. The molecule has 1 atom stereocenters. The van der Waals surface area contributed by atoms with Crippen molar-refractivity contribution >= 4 is 11.9 Å². The van der Waals surface area contributed by atoms with Crippen molar-refractivity contribution in [1.29, 1.82) is 0 Å². The van der Waals surface area contributed by atoms with Crippen molar-refractivity contribution in [2.24, 2.45) is 16.7 Å². The molecule has 1 unspecified atom stereocenters. The average Bonchev–Trinajstić information content (AvgIpc) is 2.24. The van der Waals surface area contributed by atoms with E-state index in [1.54, 1.807) is 0 Å². The topological polar surface area (TPSA) is 63.6 Å². The quantitative estimate of drug-likeness (QED) is 0.720. The first kappa shape index (κ1) is 17.9. The van der Waals surface area contributed by atoms with Crippen LogP contribution in [-0.4, -0.2) is 23.7 Å². The molecule has 0 saturated heterocycles. The fourth-order valence-electron chi connectivity index (χ4n) is 1.78. The largest absolute Gasteiger partial charge is 0.481 e. The smallest absolute Gasteiger partial charge is 0.309 e. The van der Waals surface area contributed by atoms with Crippen molar-refractivity contribution in [2.45, 2.75) is 60.8 Å². The number of carbonyl (C=O) groups is 2. The highest BCUT2D eigenvalue weighted by Gasteiger charge is 2.36. The number of esters is 1. The number of ether oxygens (including phenoxy) is 1. The van der Waals surface area contributed by atoms with Crippen LogP contribution >= 0.6 is 0 Å². The normalized spacial score (nSPS) is 14.0. The first-order valence-corrected chi connectivity index (χ1v) is 6.88. The molecule has 0 aromatic rings. The van der Waals surface area contributed by atoms with Crippen LogP contribution in [0, 0.1) is 16.7 Å². The number of rotatable bonds is 7. The number of carboxylic acids is 1. The lowest BCUT2D eigenvalue weighted by molar-refractivity contribution is -0.155. The maximum Gasteiger partial charge on any atom is 0.309 e. The maximum absolute atomic E-state index is 12.1. The van der Waals surface area contributed by atoms with Gasteiger partial charge < -0.3 is 9.84 Å². The molecule has 0 rings (SSSR count). The first-order chi connectivity index (χ1) is 8.49. The van der Waals surface area contributed by atoms with Gasteiger partial charge in [0.1, 0.15) is 6.61 Å². The molecule has 4 heteroatoms. The zero-order chi connectivity index (χ0) is 15.3. The molecule has 0 aliphatic carbocycles. The van der Waals surface area contributed by atoms with Gasteiger partial charge >= 0.3 is 11.9 Å². The molecule has 0 heterocycles. The van der Waals surface area contributed by atoms with Gasteiger partial charge in [-0.2, -0.15) is 0 Å². The molecule has 0 aromatic carbocycles. The molecule has 0 aromatic heterocycles. The molecule has 0 radical (unpaired) electrons. The SMILES string of the molecule is CCC(C)(C)CC(C(=O)OCCC(=O)O)C(C)(C)C. The zero-order valence-electron chi connectivity index (χ0n) is 13.1. The van der Waals surface area contributed by atoms with Gasteiger partial charge in [0.2, 0.25) is 0 Å². The van der Waals surface area contributed by atoms with Crippen LogP contribution in [0.2, 0.25) is 0 Å². The molecule has 0 aliphatic heterocycles. The maximum atomic E-state index is 12.1. The van der Waals surface area contributed by atoms with Crippen molar-refractivity contribution in [1.82, 2.24) is 0 Å². The lowest BCUT2D eigenvalue weighted by Gasteiger charge is -2.35. The number of carboxylic acid groups (broad SMARTS) is 1. The van der Waals surface area contributed by atoms with E-state index in [9.17, 15) is 9.59 Å². The van der Waals surface area contributed by atoms with E-state index < -0.39 is 5.97 Å². The second-order valence-electron chi connectivity index (χ2n) is 6.95. The summed E-state index contributed by atoms with van der Waals surface area (Å²) < 4.78 is 5.11. The Balaban J connectivity index is 4.68. The van der Waals surface area contributed by atoms with Crippen molar-refractivity contribution in [3.05, 3.63) is 0 Å². The first-order valence-electron chi connectivity index (χ1n) is 6.88. The van der Waals surface area contributed by atoms with Gasteiger partial charge in [-0.25, -0.2) is 0 Å². The van der Waals surface area contributed by atoms with E-state index in [0.29, 0.717) is 0 Å². The number of carbonyl (C=O) groups excluding carboxylic acids is 1. The number of hydrogen-bond acceptors (Lipinski definition) is 3. The molecule has 19 heavy (non-hydrogen) atoms. The molecule has 112 valence electrons. The van der Waals surface area contributed by atoms with Crippen LogP contribution in [0.3, 0.4) is 0 Å². The fraction of sp³-hybridized carbons (Fsp3) is 0.867. The van der Waals surface area contributed by atoms with Crippen LogP contribution in [0.4, 0.5) is 0 Å². The highest BCUT2D eigenvalue weighted by atomic mass is 16.5. The fourth-order valence-corrected chi connectivity index (χ4v) is 1.78. The minimum absolute atomic E-state index is 0.0483. The summed E-state index contributed by atoms with van der Waals surface area (Å²) in [5.41, 5.74) is -0.115. The van der Waals surface area contributed by atoms with Gasteiger partial charge in [-0.1, -0.05) is 48.0 Å². The van der Waals surface area contributed by atoms with Crippen molar-refractivity contribution in [3.63, 3.8) is 0 Å². The standard InChI is InChI=1S/C15H28O4/c1-7-15(5,6)10-11(14(2,3)4)13(18)19-9-8-12(16)17/h11H,7-10H2,1-6H3,(H,16,17). The van der Waals surface area contributed by atoms with E-state index >= 15 is 0 Å². The van der Waals surface area contributed by atoms with Gasteiger partial charge in [-0.3, -0.25) is 9.59 Å². The van der Waals surface area contributed by atoms with Crippen LogP contribution < -0.4 is 0 Å². The zero-order valence-corrected chi connectivity index (χ0v) is 13.1. The van der Waals surface area contributed by atoms with Crippen LogP contribution in [0.25, 0.3) is 0 Å². The van der Waals surface area contributed by atoms with E-state index in [4.69, 9.17) is 9.84 Å². The minimum atomic E-state index is -0.950. The Morgan fingerprint density at radius 2 is 1.68 bits per heavy atom. The van der Waals surface area contributed by atoms with Crippen LogP contribution in [0.1, 0.15) is 60.8 Å². The Bertz CT molecular complexity index is 313. The van der Waals surface area contributed by atoms with E-state index in [-0.39, 0.29) is 35.7 Å². The number of hydrogen-bond donors (Lipinski definition) is 1. The summed E-state index contributed by atoms with van der Waals surface area (Å²) >= 11 is 0. The molecule has 4 nitrogen and oxygen atoms in total. The Morgan fingerprint density at radius 3 is 2.05 bits per heavy atom. The average molecular weight is 272 g/mol. The second-order valence-corrected chi connectivity index (χ2v) is 6.95. The Hall–Kier alpha value is -1.06. The van der Waals surface area contributed by atoms with E-state index in [1.165, 1.54) is 0 Å². The molecule has 0 bridgehead atoms. The molecule has 0 spiro atoms. The molecule has 1 N–H and O–H groups in total. The molecular weight excluding hydrogens is 244 g/mol. The third kappa shape index (κ3) is 7.19. The lowest BCUT2D eigenvalue weighted by atomic mass is 9.70. The van der Waals surface area contributed by atoms with Crippen molar-refractivity contribution in [3.8, 4) is 0 Å². The summed E-state index contributed by atoms with van der Waals surface area (Å²) in [7, 11) is 0. The predicted molar refractivity (Wildman–Crippen MR) is 74.8 cm³/mol. The van der Waals surface area contributed by atoms with E-state index in [1.807, 2.05) is 20.8 Å². The summed E-state index contributed by atoms with van der Waals surface area (Å²) in [5.74, 6) is -1.44. The third-order valence-electron chi connectivity index (χ3n) is 3.60. The molecule has 0 fully saturated rings. The minimum Gasteiger partial charge on any atom is -0.481 e. The van der Waals surface area contributed by atoms with Gasteiger partial charge in [-0.15, -0.1) is 0 Å². The lowest BCUT2D eigenvalue weighted by Crippen LogP contribution is -2.34. The summed E-state index contributed by atoms with van der Waals surface area (Å²) in [6, 6.07) is 0. The Labute approximate surface area is 116 Å². The highest BCUT2D eigenvalue weighted by Crippen LogP contribution is 2.38. The van der Waals surface area contributed by atoms with E-state index in [0.717, 1.165) is 12.8 Å². The van der Waals surface area contributed by atoms with E-state index in [2.05, 4.69) is 20.8 Å². The van der Waals surface area contributed by atoms with Gasteiger partial charge in [0.15, 0.2) is 0 Å². The summed E-state index contributed by atoms with van der Waals surface area (Å²) in [5, 5.41) is 8.56. The Morgan fingerprint density at radius 1 is 1.16 bits per heavy atom. The Kier molecular flexibility index (Phi) is 6.53. The summed E-state index contributed by atoms with van der Waals surface area (Å²) in [6.45, 7) is 12.4. The van der Waals surface area contributed by atoms with Crippen molar-refractivity contribution < 1.29 is 19.4 Å². The summed E-state index contributed by atoms with van der Waals surface area (Å²) in [4.78, 5) is 22.6. The van der Waals surface area contributed by atoms with Gasteiger partial charge in [0.25, 0.3) is 0 Å². The predicted octanol–water partition coefficient (Wildman–Crippen LogP) is 3.49. The highest BCUT2D eigenvalue weighted by molar-refractivity contribution is 5.74. The van der Waals surface area contributed by atoms with Crippen LogP contribution in [0.15, 0.2) is 0 Å². The molecular formula is C15H28O4. The van der Waals surface area contributed by atoms with Gasteiger partial charge in [-0.05, 0) is 17.3 Å². The van der Waals surface area contributed by atoms with Crippen molar-refractivity contribution in [2.75, 3.05) is 6.61 Å². The second kappa shape index (κ2) is 6.92. The van der Waals surface area contributed by atoms with Crippen LogP contribution in [0.5, 0.6) is 0 Å². The molecule has 0 amide bonds. The third-order valence-corrected chi connectivity index (χ3v) is 3.60. The molecule has 0 aliphatic rings. The monoisotopic (exact) mass is 272 g/mol. The van der Waals surface area contributed by atoms with Gasteiger partial charge in [0, 0.05) is 0 Å².